The van der Waals surface area contributed by atoms with Gasteiger partial charge in [0.2, 0.25) is 0 Å². The third kappa shape index (κ3) is 2.85. The van der Waals surface area contributed by atoms with Gasteiger partial charge < -0.3 is 0 Å². The largest absolute Gasteiger partial charge is 0.253 e. The van der Waals surface area contributed by atoms with Gasteiger partial charge in [0.25, 0.3) is 0 Å². The number of hydrogen-bond acceptors (Lipinski definition) is 3. The number of thiazole rings is 1. The highest BCUT2D eigenvalue weighted by molar-refractivity contribution is 9.09. The van der Waals surface area contributed by atoms with E-state index in [0.29, 0.717) is 0 Å². The van der Waals surface area contributed by atoms with E-state index in [1.165, 1.54) is 10.3 Å². The minimum Gasteiger partial charge on any atom is -0.253 e. The van der Waals surface area contributed by atoms with E-state index in [1.54, 1.807) is 11.3 Å². The summed E-state index contributed by atoms with van der Waals surface area (Å²) >= 11 is 5.46. The first kappa shape index (κ1) is 12.8. The zero-order chi connectivity index (χ0) is 13.2. The molecule has 96 valence electrons. The van der Waals surface area contributed by atoms with Crippen LogP contribution in [0.5, 0.6) is 0 Å². The fourth-order valence-corrected chi connectivity index (χ4v) is 3.52. The number of hydrogen-bond donors (Lipinski definition) is 0. The zero-order valence-corrected chi connectivity index (χ0v) is 12.9. The standard InChI is InChI=1S/C15H13BrN2S/c1-10-17-9-15(19-10)13(16)8-12-7-6-11-4-2-3-5-14(11)18-12/h2-7,9,13H,8H2,1H3. The van der Waals surface area contributed by atoms with Gasteiger partial charge in [0.15, 0.2) is 0 Å². The van der Waals surface area contributed by atoms with Crippen LogP contribution in [-0.4, -0.2) is 9.97 Å². The summed E-state index contributed by atoms with van der Waals surface area (Å²) in [6.07, 6.45) is 2.83. The summed E-state index contributed by atoms with van der Waals surface area (Å²) in [6, 6.07) is 12.4. The van der Waals surface area contributed by atoms with Crippen molar-refractivity contribution in [3.8, 4) is 0 Å². The van der Waals surface area contributed by atoms with Gasteiger partial charge in [0, 0.05) is 28.6 Å². The molecule has 0 saturated heterocycles. The second kappa shape index (κ2) is 5.39. The highest BCUT2D eigenvalue weighted by Gasteiger charge is 2.12. The van der Waals surface area contributed by atoms with Crippen LogP contribution in [0.2, 0.25) is 0 Å². The third-order valence-electron chi connectivity index (χ3n) is 2.99. The molecule has 0 aliphatic heterocycles. The maximum Gasteiger partial charge on any atom is 0.0897 e. The highest BCUT2D eigenvalue weighted by Crippen LogP contribution is 2.30. The lowest BCUT2D eigenvalue weighted by Gasteiger charge is -2.07. The molecule has 1 atom stereocenters. The van der Waals surface area contributed by atoms with Crippen molar-refractivity contribution in [2.45, 2.75) is 18.2 Å². The van der Waals surface area contributed by atoms with Crippen LogP contribution in [0, 0.1) is 6.92 Å². The lowest BCUT2D eigenvalue weighted by molar-refractivity contribution is 0.926. The molecule has 0 amide bonds. The molecule has 4 heteroatoms. The molecule has 0 aliphatic rings. The van der Waals surface area contributed by atoms with Gasteiger partial charge in [-0.2, -0.15) is 0 Å². The van der Waals surface area contributed by atoms with Gasteiger partial charge in [0.05, 0.1) is 15.4 Å². The van der Waals surface area contributed by atoms with Gasteiger partial charge in [-0.3, -0.25) is 4.98 Å². The van der Waals surface area contributed by atoms with E-state index < -0.39 is 0 Å². The molecule has 0 radical (unpaired) electrons. The Hall–Kier alpha value is -1.26. The molecule has 2 heterocycles. The summed E-state index contributed by atoms with van der Waals surface area (Å²) in [4.78, 5) is 10.5. The molecule has 19 heavy (non-hydrogen) atoms. The van der Waals surface area contributed by atoms with Crippen molar-refractivity contribution < 1.29 is 0 Å². The third-order valence-corrected chi connectivity index (χ3v) is 5.14. The van der Waals surface area contributed by atoms with Gasteiger partial charge in [-0.05, 0) is 19.1 Å². The average molecular weight is 333 g/mol. The number of para-hydroxylation sites is 1. The second-order valence-corrected chi connectivity index (χ2v) is 6.82. The van der Waals surface area contributed by atoms with Crippen molar-refractivity contribution in [2.75, 3.05) is 0 Å². The molecule has 0 spiro atoms. The molecule has 2 aromatic heterocycles. The first-order valence-corrected chi connectivity index (χ1v) is 7.86. The van der Waals surface area contributed by atoms with E-state index in [1.807, 2.05) is 25.3 Å². The Morgan fingerprint density at radius 1 is 1.21 bits per heavy atom. The second-order valence-electron chi connectivity index (χ2n) is 4.45. The van der Waals surface area contributed by atoms with Crippen LogP contribution in [0.1, 0.15) is 20.4 Å². The molecule has 3 aromatic rings. The van der Waals surface area contributed by atoms with Crippen LogP contribution in [-0.2, 0) is 6.42 Å². The fourth-order valence-electron chi connectivity index (χ4n) is 2.03. The van der Waals surface area contributed by atoms with Crippen molar-refractivity contribution in [1.29, 1.82) is 0 Å². The van der Waals surface area contributed by atoms with Crippen LogP contribution < -0.4 is 0 Å². The van der Waals surface area contributed by atoms with Crippen LogP contribution in [0.4, 0.5) is 0 Å². The SMILES string of the molecule is Cc1ncc(C(Br)Cc2ccc3ccccc3n2)s1. The molecule has 0 aliphatic carbocycles. The van der Waals surface area contributed by atoms with Gasteiger partial charge in [0.1, 0.15) is 0 Å². The molecule has 0 bridgehead atoms. The molecular weight excluding hydrogens is 320 g/mol. The maximum absolute atomic E-state index is 4.70. The van der Waals surface area contributed by atoms with Crippen LogP contribution in [0.15, 0.2) is 42.6 Å². The lowest BCUT2D eigenvalue weighted by Crippen LogP contribution is -1.96. The van der Waals surface area contributed by atoms with Gasteiger partial charge in [-0.25, -0.2) is 4.98 Å². The van der Waals surface area contributed by atoms with E-state index in [4.69, 9.17) is 4.98 Å². The summed E-state index contributed by atoms with van der Waals surface area (Å²) in [5.41, 5.74) is 2.16. The van der Waals surface area contributed by atoms with Gasteiger partial charge in [-0.15, -0.1) is 11.3 Å². The minimum atomic E-state index is 0.285. The average Bonchev–Trinajstić information content (AvgIpc) is 2.85. The zero-order valence-electron chi connectivity index (χ0n) is 10.5. The van der Waals surface area contributed by atoms with E-state index in [9.17, 15) is 0 Å². The van der Waals surface area contributed by atoms with Gasteiger partial charge >= 0.3 is 0 Å². The van der Waals surface area contributed by atoms with E-state index >= 15 is 0 Å². The summed E-state index contributed by atoms with van der Waals surface area (Å²) in [5, 5.41) is 2.29. The monoisotopic (exact) mass is 332 g/mol. The summed E-state index contributed by atoms with van der Waals surface area (Å²) < 4.78 is 0. The Balaban J connectivity index is 1.84. The van der Waals surface area contributed by atoms with Crippen molar-refractivity contribution in [2.24, 2.45) is 0 Å². The topological polar surface area (TPSA) is 25.8 Å². The smallest absolute Gasteiger partial charge is 0.0897 e. The molecule has 1 aromatic carbocycles. The molecule has 0 N–H and O–H groups in total. The normalized spacial score (nSPS) is 12.7. The summed E-state index contributed by atoms with van der Waals surface area (Å²) in [6.45, 7) is 2.03. The van der Waals surface area contributed by atoms with Crippen LogP contribution >= 0.6 is 27.3 Å². The number of benzene rings is 1. The number of nitrogens with zero attached hydrogens (tertiary/aromatic N) is 2. The molecule has 2 nitrogen and oxygen atoms in total. The molecule has 3 rings (SSSR count). The van der Waals surface area contributed by atoms with Gasteiger partial charge in [-0.1, -0.05) is 40.2 Å². The predicted molar refractivity (Wildman–Crippen MR) is 84.0 cm³/mol. The Kier molecular flexibility index (Phi) is 3.62. The minimum absolute atomic E-state index is 0.285. The van der Waals surface area contributed by atoms with E-state index in [2.05, 4.69) is 45.2 Å². The highest BCUT2D eigenvalue weighted by atomic mass is 79.9. The number of alkyl halides is 1. The quantitative estimate of drug-likeness (QED) is 0.651. The Bertz CT molecular complexity index is 708. The first-order valence-electron chi connectivity index (χ1n) is 6.13. The molecule has 0 fully saturated rings. The van der Waals surface area contributed by atoms with Crippen LogP contribution in [0.3, 0.4) is 0 Å². The maximum atomic E-state index is 4.70. The summed E-state index contributed by atoms with van der Waals surface area (Å²) in [5.74, 6) is 0. The van der Waals surface area contributed by atoms with E-state index in [0.717, 1.165) is 22.6 Å². The number of rotatable bonds is 3. The van der Waals surface area contributed by atoms with Crippen molar-refractivity contribution >= 4 is 38.2 Å². The number of pyridine rings is 1. The number of fused-ring (bicyclic) bond motifs is 1. The number of aromatic nitrogens is 2. The Morgan fingerprint density at radius 2 is 2.05 bits per heavy atom. The fraction of sp³-hybridized carbons (Fsp3) is 0.200. The first-order chi connectivity index (χ1) is 9.22. The molecular formula is C15H13BrN2S. The number of halogens is 1. The van der Waals surface area contributed by atoms with E-state index in [-0.39, 0.29) is 4.83 Å². The Labute approximate surface area is 124 Å². The molecule has 0 saturated carbocycles. The predicted octanol–water partition coefficient (Wildman–Crippen LogP) is 4.68. The van der Waals surface area contributed by atoms with Crippen LogP contribution in [0.25, 0.3) is 10.9 Å². The summed E-state index contributed by atoms with van der Waals surface area (Å²) in [7, 11) is 0. The lowest BCUT2D eigenvalue weighted by atomic mass is 10.1. The molecule has 1 unspecified atom stereocenters. The number of aryl methyl sites for hydroxylation is 1. The van der Waals surface area contributed by atoms with Crippen molar-refractivity contribution in [3.05, 3.63) is 58.2 Å². The Morgan fingerprint density at radius 3 is 2.84 bits per heavy atom. The van der Waals surface area contributed by atoms with Crippen molar-refractivity contribution in [1.82, 2.24) is 9.97 Å². The van der Waals surface area contributed by atoms with Crippen molar-refractivity contribution in [3.63, 3.8) is 0 Å².